The minimum Gasteiger partial charge on any atom is -0.318 e. The SMILES string of the molecule is Cc1cc(C(=O)NNC(=O)[C@H]2C[C@@H]2C)c(C)n1-c1ccc(F)cc1. The number of hydrogen-bond donors (Lipinski definition) is 2. The number of carbonyl (C=O) groups is 2. The van der Waals surface area contributed by atoms with Gasteiger partial charge in [-0.1, -0.05) is 6.92 Å². The van der Waals surface area contributed by atoms with E-state index in [9.17, 15) is 14.0 Å². The molecule has 5 nitrogen and oxygen atoms in total. The summed E-state index contributed by atoms with van der Waals surface area (Å²) in [6.45, 7) is 5.69. The molecule has 0 radical (unpaired) electrons. The molecule has 1 heterocycles. The summed E-state index contributed by atoms with van der Waals surface area (Å²) in [5.41, 5.74) is 7.78. The van der Waals surface area contributed by atoms with Gasteiger partial charge in [0.15, 0.2) is 0 Å². The zero-order chi connectivity index (χ0) is 17.4. The molecule has 2 aromatic rings. The van der Waals surface area contributed by atoms with Crippen molar-refractivity contribution in [1.29, 1.82) is 0 Å². The van der Waals surface area contributed by atoms with Crippen LogP contribution in [-0.4, -0.2) is 16.4 Å². The molecule has 3 rings (SSSR count). The van der Waals surface area contributed by atoms with E-state index in [0.29, 0.717) is 11.5 Å². The maximum Gasteiger partial charge on any atom is 0.271 e. The summed E-state index contributed by atoms with van der Waals surface area (Å²) in [7, 11) is 0. The van der Waals surface area contributed by atoms with Gasteiger partial charge in [-0.15, -0.1) is 0 Å². The Hall–Kier alpha value is -2.63. The number of hydrazine groups is 1. The molecular formula is C18H20FN3O2. The molecule has 1 aliphatic carbocycles. The lowest BCUT2D eigenvalue weighted by molar-refractivity contribution is -0.123. The van der Waals surface area contributed by atoms with Crippen molar-refractivity contribution < 1.29 is 14.0 Å². The third-order valence-corrected chi connectivity index (χ3v) is 4.51. The van der Waals surface area contributed by atoms with Crippen LogP contribution in [0.3, 0.4) is 0 Å². The van der Waals surface area contributed by atoms with Gasteiger partial charge >= 0.3 is 0 Å². The number of rotatable bonds is 3. The molecule has 2 atom stereocenters. The van der Waals surface area contributed by atoms with E-state index in [-0.39, 0.29) is 23.5 Å². The Morgan fingerprint density at radius 3 is 2.38 bits per heavy atom. The van der Waals surface area contributed by atoms with Crippen LogP contribution < -0.4 is 10.9 Å². The summed E-state index contributed by atoms with van der Waals surface area (Å²) in [6, 6.07) is 7.83. The normalized spacial score (nSPS) is 19.0. The Morgan fingerprint density at radius 1 is 1.17 bits per heavy atom. The topological polar surface area (TPSA) is 63.1 Å². The first kappa shape index (κ1) is 16.2. The Labute approximate surface area is 139 Å². The Kier molecular flexibility index (Phi) is 4.13. The van der Waals surface area contributed by atoms with E-state index in [2.05, 4.69) is 10.9 Å². The zero-order valence-electron chi connectivity index (χ0n) is 13.9. The second kappa shape index (κ2) is 6.11. The minimum atomic E-state index is -0.363. The van der Waals surface area contributed by atoms with Crippen molar-refractivity contribution in [1.82, 2.24) is 15.4 Å². The molecule has 0 unspecified atom stereocenters. The molecule has 24 heavy (non-hydrogen) atoms. The second-order valence-corrected chi connectivity index (χ2v) is 6.36. The average molecular weight is 329 g/mol. The van der Waals surface area contributed by atoms with Crippen LogP contribution in [0.1, 0.15) is 35.1 Å². The van der Waals surface area contributed by atoms with Crippen LogP contribution in [0, 0.1) is 31.5 Å². The van der Waals surface area contributed by atoms with E-state index < -0.39 is 0 Å². The van der Waals surface area contributed by atoms with Gasteiger partial charge in [-0.3, -0.25) is 20.4 Å². The van der Waals surface area contributed by atoms with Crippen LogP contribution in [0.15, 0.2) is 30.3 Å². The average Bonchev–Trinajstić information content (AvgIpc) is 3.21. The van der Waals surface area contributed by atoms with Crippen molar-refractivity contribution in [3.63, 3.8) is 0 Å². The van der Waals surface area contributed by atoms with E-state index in [1.54, 1.807) is 18.2 Å². The molecule has 0 bridgehead atoms. The maximum absolute atomic E-state index is 13.1. The Morgan fingerprint density at radius 2 is 1.79 bits per heavy atom. The van der Waals surface area contributed by atoms with Crippen molar-refractivity contribution >= 4 is 11.8 Å². The number of hydrogen-bond acceptors (Lipinski definition) is 2. The first-order valence-corrected chi connectivity index (χ1v) is 7.93. The molecule has 1 fully saturated rings. The van der Waals surface area contributed by atoms with Crippen molar-refractivity contribution in [3.8, 4) is 5.69 Å². The van der Waals surface area contributed by atoms with E-state index in [0.717, 1.165) is 23.5 Å². The molecule has 0 spiro atoms. The molecule has 2 N–H and O–H groups in total. The van der Waals surface area contributed by atoms with Crippen LogP contribution in [0.25, 0.3) is 5.69 Å². The van der Waals surface area contributed by atoms with Gasteiger partial charge in [0.05, 0.1) is 5.56 Å². The van der Waals surface area contributed by atoms with E-state index in [1.807, 2.05) is 25.3 Å². The van der Waals surface area contributed by atoms with Crippen LogP contribution in [0.4, 0.5) is 4.39 Å². The van der Waals surface area contributed by atoms with Crippen molar-refractivity contribution in [3.05, 3.63) is 53.1 Å². The molecule has 126 valence electrons. The fourth-order valence-corrected chi connectivity index (χ4v) is 2.95. The predicted octanol–water partition coefficient (Wildman–Crippen LogP) is 2.65. The molecule has 1 saturated carbocycles. The van der Waals surface area contributed by atoms with Crippen LogP contribution in [0.2, 0.25) is 0 Å². The molecule has 1 aromatic heterocycles. The van der Waals surface area contributed by atoms with E-state index >= 15 is 0 Å². The second-order valence-electron chi connectivity index (χ2n) is 6.36. The Bertz CT molecular complexity index is 795. The number of aryl methyl sites for hydroxylation is 1. The molecule has 6 heteroatoms. The third kappa shape index (κ3) is 3.04. The number of carbonyl (C=O) groups excluding carboxylic acids is 2. The van der Waals surface area contributed by atoms with Crippen LogP contribution in [0.5, 0.6) is 0 Å². The number of nitrogens with one attached hydrogen (secondary N) is 2. The molecule has 2 amide bonds. The van der Waals surface area contributed by atoms with Gasteiger partial charge in [0.2, 0.25) is 5.91 Å². The molecule has 1 aromatic carbocycles. The fraction of sp³-hybridized carbons (Fsp3) is 0.333. The lowest BCUT2D eigenvalue weighted by Crippen LogP contribution is -2.42. The Balaban J connectivity index is 1.76. The standard InChI is InChI=1S/C18H20FN3O2/c1-10-8-15(10)17(23)20-21-18(24)16-9-11(2)22(12(16)3)14-6-4-13(19)5-7-14/h4-7,9-10,15H,8H2,1-3H3,(H,20,23)(H,21,24)/t10-,15-/m0/s1. The fourth-order valence-electron chi connectivity index (χ4n) is 2.95. The first-order valence-electron chi connectivity index (χ1n) is 7.93. The van der Waals surface area contributed by atoms with Gasteiger partial charge in [0, 0.05) is 23.0 Å². The molecular weight excluding hydrogens is 309 g/mol. The maximum atomic E-state index is 13.1. The highest BCUT2D eigenvalue weighted by atomic mass is 19.1. The van der Waals surface area contributed by atoms with Gasteiger partial charge in [-0.25, -0.2) is 4.39 Å². The van der Waals surface area contributed by atoms with Crippen LogP contribution >= 0.6 is 0 Å². The van der Waals surface area contributed by atoms with E-state index in [1.165, 1.54) is 12.1 Å². The number of nitrogens with zero attached hydrogens (tertiary/aromatic N) is 1. The smallest absolute Gasteiger partial charge is 0.271 e. The lowest BCUT2D eigenvalue weighted by atomic mass is 10.2. The quantitative estimate of drug-likeness (QED) is 0.851. The lowest BCUT2D eigenvalue weighted by Gasteiger charge is -2.10. The first-order chi connectivity index (χ1) is 11.4. The summed E-state index contributed by atoms with van der Waals surface area (Å²) in [5, 5.41) is 0. The number of benzene rings is 1. The highest BCUT2D eigenvalue weighted by molar-refractivity contribution is 5.97. The molecule has 0 saturated heterocycles. The van der Waals surface area contributed by atoms with Crippen LogP contribution in [-0.2, 0) is 4.79 Å². The summed E-state index contributed by atoms with van der Waals surface area (Å²) in [6.07, 6.45) is 0.862. The largest absolute Gasteiger partial charge is 0.318 e. The van der Waals surface area contributed by atoms with Gasteiger partial charge in [0.25, 0.3) is 5.91 Å². The van der Waals surface area contributed by atoms with Gasteiger partial charge in [-0.05, 0) is 56.5 Å². The highest BCUT2D eigenvalue weighted by Crippen LogP contribution is 2.37. The summed E-state index contributed by atoms with van der Waals surface area (Å²) in [4.78, 5) is 24.1. The third-order valence-electron chi connectivity index (χ3n) is 4.51. The summed E-state index contributed by atoms with van der Waals surface area (Å²) < 4.78 is 15.0. The monoisotopic (exact) mass is 329 g/mol. The van der Waals surface area contributed by atoms with Gasteiger partial charge in [0.1, 0.15) is 5.82 Å². The van der Waals surface area contributed by atoms with Gasteiger partial charge < -0.3 is 4.57 Å². The van der Waals surface area contributed by atoms with Crippen molar-refractivity contribution in [2.45, 2.75) is 27.2 Å². The highest BCUT2D eigenvalue weighted by Gasteiger charge is 2.39. The zero-order valence-corrected chi connectivity index (χ0v) is 13.9. The minimum absolute atomic E-state index is 0.00283. The number of aromatic nitrogens is 1. The summed E-state index contributed by atoms with van der Waals surface area (Å²) in [5.74, 6) is -0.445. The number of amides is 2. The summed E-state index contributed by atoms with van der Waals surface area (Å²) >= 11 is 0. The van der Waals surface area contributed by atoms with E-state index in [4.69, 9.17) is 0 Å². The van der Waals surface area contributed by atoms with Gasteiger partial charge in [-0.2, -0.15) is 0 Å². The molecule has 1 aliphatic rings. The molecule has 0 aliphatic heterocycles. The predicted molar refractivity (Wildman–Crippen MR) is 88.1 cm³/mol. The number of halogens is 1. The van der Waals surface area contributed by atoms with Crippen molar-refractivity contribution in [2.24, 2.45) is 11.8 Å². The van der Waals surface area contributed by atoms with Crippen molar-refractivity contribution in [2.75, 3.05) is 0 Å².